The lowest BCUT2D eigenvalue weighted by molar-refractivity contribution is -0.0506. The molecule has 1 spiro atoms. The van der Waals surface area contributed by atoms with Crippen molar-refractivity contribution in [3.8, 4) is 0 Å². The number of ether oxygens (including phenoxy) is 1. The van der Waals surface area contributed by atoms with Crippen LogP contribution in [0.25, 0.3) is 0 Å². The maximum atomic E-state index is 10.1. The summed E-state index contributed by atoms with van der Waals surface area (Å²) in [6.45, 7) is 8.42. The van der Waals surface area contributed by atoms with E-state index in [2.05, 4.69) is 18.7 Å². The molecule has 0 amide bonds. The van der Waals surface area contributed by atoms with Crippen LogP contribution in [0.2, 0.25) is 0 Å². The van der Waals surface area contributed by atoms with Crippen molar-refractivity contribution in [2.45, 2.75) is 50.9 Å². The van der Waals surface area contributed by atoms with Crippen molar-refractivity contribution in [2.24, 2.45) is 0 Å². The highest BCUT2D eigenvalue weighted by Gasteiger charge is 2.49. The quantitative estimate of drug-likeness (QED) is 0.684. The number of β-amino-alcohol motifs (C(OH)–C–C–N with tert-alkyl or cyclic N) is 1. The Hall–Kier alpha value is -0.120. The SMILES string of the molecule is CC(C)N1CC2(CC2)OC[C@@](C)(O)C1. The first kappa shape index (κ1) is 10.4. The molecule has 82 valence electrons. The van der Waals surface area contributed by atoms with Crippen molar-refractivity contribution in [2.75, 3.05) is 19.7 Å². The molecule has 0 aromatic heterocycles. The van der Waals surface area contributed by atoms with Crippen LogP contribution in [0.1, 0.15) is 33.6 Å². The molecule has 0 radical (unpaired) electrons. The summed E-state index contributed by atoms with van der Waals surface area (Å²) in [5.41, 5.74) is -0.596. The van der Waals surface area contributed by atoms with Gasteiger partial charge < -0.3 is 9.84 Å². The van der Waals surface area contributed by atoms with Gasteiger partial charge in [-0.1, -0.05) is 0 Å². The van der Waals surface area contributed by atoms with Crippen molar-refractivity contribution in [3.63, 3.8) is 0 Å². The Morgan fingerprint density at radius 2 is 1.93 bits per heavy atom. The minimum atomic E-state index is -0.684. The zero-order valence-electron chi connectivity index (χ0n) is 9.42. The lowest BCUT2D eigenvalue weighted by atomic mass is 10.1. The minimum absolute atomic E-state index is 0.0881. The lowest BCUT2D eigenvalue weighted by Gasteiger charge is -2.30. The van der Waals surface area contributed by atoms with Crippen LogP contribution in [0.3, 0.4) is 0 Å². The van der Waals surface area contributed by atoms with Gasteiger partial charge in [0.05, 0.1) is 17.8 Å². The molecule has 1 aliphatic heterocycles. The van der Waals surface area contributed by atoms with Gasteiger partial charge in [0.25, 0.3) is 0 Å². The monoisotopic (exact) mass is 199 g/mol. The molecule has 2 rings (SSSR count). The van der Waals surface area contributed by atoms with E-state index in [1.807, 2.05) is 6.92 Å². The van der Waals surface area contributed by atoms with Crippen molar-refractivity contribution < 1.29 is 9.84 Å². The van der Waals surface area contributed by atoms with Gasteiger partial charge in [0.1, 0.15) is 0 Å². The fourth-order valence-electron chi connectivity index (χ4n) is 2.07. The van der Waals surface area contributed by atoms with Crippen LogP contribution in [0.4, 0.5) is 0 Å². The molecule has 0 aromatic carbocycles. The zero-order valence-corrected chi connectivity index (χ0v) is 9.42. The third kappa shape index (κ3) is 2.10. The van der Waals surface area contributed by atoms with Gasteiger partial charge in [-0.2, -0.15) is 0 Å². The van der Waals surface area contributed by atoms with Crippen LogP contribution in [0.5, 0.6) is 0 Å². The van der Waals surface area contributed by atoms with Crippen LogP contribution in [0.15, 0.2) is 0 Å². The predicted molar refractivity (Wildman–Crippen MR) is 55.2 cm³/mol. The first-order valence-corrected chi connectivity index (χ1v) is 5.53. The molecular formula is C11H21NO2. The molecule has 1 atom stereocenters. The Bertz CT molecular complexity index is 213. The van der Waals surface area contributed by atoms with Gasteiger partial charge in [-0.05, 0) is 33.6 Å². The fraction of sp³-hybridized carbons (Fsp3) is 1.00. The molecule has 1 saturated heterocycles. The lowest BCUT2D eigenvalue weighted by Crippen LogP contribution is -2.45. The van der Waals surface area contributed by atoms with Crippen molar-refractivity contribution in [1.29, 1.82) is 0 Å². The van der Waals surface area contributed by atoms with Gasteiger partial charge >= 0.3 is 0 Å². The van der Waals surface area contributed by atoms with Gasteiger partial charge in [0.2, 0.25) is 0 Å². The van der Waals surface area contributed by atoms with Crippen molar-refractivity contribution in [3.05, 3.63) is 0 Å². The first-order chi connectivity index (χ1) is 6.43. The highest BCUT2D eigenvalue weighted by atomic mass is 16.5. The molecule has 1 N–H and O–H groups in total. The number of hydrogen-bond acceptors (Lipinski definition) is 3. The number of rotatable bonds is 1. The Labute approximate surface area is 86.0 Å². The molecule has 1 aliphatic carbocycles. The second-order valence-corrected chi connectivity index (χ2v) is 5.47. The Morgan fingerprint density at radius 3 is 2.43 bits per heavy atom. The third-order valence-corrected chi connectivity index (χ3v) is 3.26. The summed E-state index contributed by atoms with van der Waals surface area (Å²) < 4.78 is 5.81. The van der Waals surface area contributed by atoms with E-state index in [1.54, 1.807) is 0 Å². The van der Waals surface area contributed by atoms with Crippen LogP contribution < -0.4 is 0 Å². The van der Waals surface area contributed by atoms with E-state index in [9.17, 15) is 5.11 Å². The Balaban J connectivity index is 2.09. The Kier molecular flexibility index (Phi) is 2.37. The normalized spacial score (nSPS) is 37.5. The van der Waals surface area contributed by atoms with E-state index < -0.39 is 5.60 Å². The van der Waals surface area contributed by atoms with E-state index in [4.69, 9.17) is 4.74 Å². The average molecular weight is 199 g/mol. The largest absolute Gasteiger partial charge is 0.386 e. The zero-order chi connectivity index (χ0) is 10.4. The van der Waals surface area contributed by atoms with Crippen LogP contribution in [-0.2, 0) is 4.74 Å². The molecule has 1 heterocycles. The first-order valence-electron chi connectivity index (χ1n) is 5.53. The summed E-state index contributed by atoms with van der Waals surface area (Å²) in [4.78, 5) is 2.33. The summed E-state index contributed by atoms with van der Waals surface area (Å²) in [7, 11) is 0. The summed E-state index contributed by atoms with van der Waals surface area (Å²) >= 11 is 0. The summed E-state index contributed by atoms with van der Waals surface area (Å²) in [5, 5.41) is 10.1. The molecule has 3 nitrogen and oxygen atoms in total. The Morgan fingerprint density at radius 1 is 1.29 bits per heavy atom. The topological polar surface area (TPSA) is 32.7 Å². The van der Waals surface area contributed by atoms with Crippen LogP contribution >= 0.6 is 0 Å². The van der Waals surface area contributed by atoms with E-state index in [0.29, 0.717) is 12.6 Å². The van der Waals surface area contributed by atoms with Gasteiger partial charge in [-0.3, -0.25) is 4.90 Å². The van der Waals surface area contributed by atoms with E-state index in [0.717, 1.165) is 25.9 Å². The van der Waals surface area contributed by atoms with Gasteiger partial charge in [-0.25, -0.2) is 0 Å². The molecule has 0 bridgehead atoms. The maximum Gasteiger partial charge on any atom is 0.0978 e. The number of nitrogens with zero attached hydrogens (tertiary/aromatic N) is 1. The second kappa shape index (κ2) is 3.19. The maximum absolute atomic E-state index is 10.1. The molecular weight excluding hydrogens is 178 g/mol. The highest BCUT2D eigenvalue weighted by Crippen LogP contribution is 2.42. The third-order valence-electron chi connectivity index (χ3n) is 3.26. The average Bonchev–Trinajstić information content (AvgIpc) is 2.82. The minimum Gasteiger partial charge on any atom is -0.386 e. The van der Waals surface area contributed by atoms with E-state index in [-0.39, 0.29) is 5.60 Å². The predicted octanol–water partition coefficient (Wildman–Crippen LogP) is 1.01. The van der Waals surface area contributed by atoms with Gasteiger partial charge in [-0.15, -0.1) is 0 Å². The van der Waals surface area contributed by atoms with E-state index >= 15 is 0 Å². The van der Waals surface area contributed by atoms with Crippen molar-refractivity contribution in [1.82, 2.24) is 4.90 Å². The summed E-state index contributed by atoms with van der Waals surface area (Å²) in [6, 6.07) is 0.487. The smallest absolute Gasteiger partial charge is 0.0978 e. The standard InChI is InChI=1S/C11H21NO2/c1-9(2)12-6-10(3,13)8-14-11(7-12)4-5-11/h9,13H,4-8H2,1-3H3/t10-/m0/s1. The molecule has 0 aromatic rings. The molecule has 3 heteroatoms. The summed E-state index contributed by atoms with van der Waals surface area (Å²) in [6.07, 6.45) is 2.32. The van der Waals surface area contributed by atoms with E-state index in [1.165, 1.54) is 0 Å². The molecule has 14 heavy (non-hydrogen) atoms. The fourth-order valence-corrected chi connectivity index (χ4v) is 2.07. The molecule has 2 fully saturated rings. The number of aliphatic hydroxyl groups is 1. The molecule has 1 saturated carbocycles. The molecule has 0 unspecified atom stereocenters. The second-order valence-electron chi connectivity index (χ2n) is 5.47. The van der Waals surface area contributed by atoms with Crippen molar-refractivity contribution >= 4 is 0 Å². The van der Waals surface area contributed by atoms with Gasteiger partial charge in [0, 0.05) is 19.1 Å². The van der Waals surface area contributed by atoms with Gasteiger partial charge in [0.15, 0.2) is 0 Å². The van der Waals surface area contributed by atoms with Crippen LogP contribution in [-0.4, -0.2) is 46.9 Å². The number of hydrogen-bond donors (Lipinski definition) is 1. The summed E-state index contributed by atoms with van der Waals surface area (Å²) in [5.74, 6) is 0. The van der Waals surface area contributed by atoms with Crippen LogP contribution in [0, 0.1) is 0 Å². The highest BCUT2D eigenvalue weighted by molar-refractivity contribution is 5.02. The molecule has 2 aliphatic rings.